The Bertz CT molecular complexity index is 1270. The minimum absolute atomic E-state index is 0.0572. The number of amides is 2. The summed E-state index contributed by atoms with van der Waals surface area (Å²) in [6.07, 6.45) is 8.88. The second-order valence-corrected chi connectivity index (χ2v) is 9.88. The molecule has 0 radical (unpaired) electrons. The first kappa shape index (κ1) is 25.1. The largest absolute Gasteiger partial charge is 0.385 e. The van der Waals surface area contributed by atoms with Crippen molar-refractivity contribution >= 4 is 57.1 Å². The lowest BCUT2D eigenvalue weighted by molar-refractivity contribution is -0.123. The van der Waals surface area contributed by atoms with Crippen molar-refractivity contribution in [3.8, 4) is 0 Å². The second kappa shape index (κ2) is 11.6. The number of hydrogen-bond acceptors (Lipinski definition) is 6. The van der Waals surface area contributed by atoms with Crippen LogP contribution in [0.25, 0.3) is 17.0 Å². The molecule has 0 bridgehead atoms. The van der Waals surface area contributed by atoms with E-state index in [1.54, 1.807) is 24.4 Å². The van der Waals surface area contributed by atoms with E-state index in [2.05, 4.69) is 23.3 Å². The Kier molecular flexibility index (Phi) is 8.33. The van der Waals surface area contributed by atoms with E-state index in [4.69, 9.17) is 17.0 Å². The average molecular weight is 509 g/mol. The number of pyridine rings is 1. The van der Waals surface area contributed by atoms with E-state index in [1.807, 2.05) is 41.1 Å². The average Bonchev–Trinajstić information content (AvgIpc) is 3.34. The summed E-state index contributed by atoms with van der Waals surface area (Å²) in [6, 6.07) is 9.89. The van der Waals surface area contributed by atoms with Crippen molar-refractivity contribution in [3.05, 3.63) is 70.5 Å². The molecule has 0 atom stereocenters. The molecular weight excluding hydrogens is 480 g/mol. The highest BCUT2D eigenvalue weighted by molar-refractivity contribution is 8.26. The van der Waals surface area contributed by atoms with Crippen LogP contribution in [0.15, 0.2) is 53.8 Å². The number of thiocarbonyl (C=S) groups is 1. The quantitative estimate of drug-likeness (QED) is 0.252. The Balaban J connectivity index is 1.61. The van der Waals surface area contributed by atoms with Gasteiger partial charge in [-0.2, -0.15) is 0 Å². The standard InChI is InChI=1S/C26H28N4O3S2/c1-3-19-8-4-9-21-20(16-29(24(19)21)17-23(31)28-11-6-12-33-2)13-22-25(32)30(26(34)35-22)15-18-7-5-10-27-14-18/h4-5,7-10,13-14,16H,3,6,11-12,15,17H2,1-2H3,(H,28,31)/b22-13-. The van der Waals surface area contributed by atoms with Gasteiger partial charge >= 0.3 is 0 Å². The van der Waals surface area contributed by atoms with Gasteiger partial charge in [-0.25, -0.2) is 0 Å². The van der Waals surface area contributed by atoms with E-state index in [1.165, 1.54) is 11.8 Å². The van der Waals surface area contributed by atoms with Crippen LogP contribution in [0.3, 0.4) is 0 Å². The van der Waals surface area contributed by atoms with Crippen LogP contribution in [0, 0.1) is 0 Å². The van der Waals surface area contributed by atoms with Crippen LogP contribution < -0.4 is 5.32 Å². The highest BCUT2D eigenvalue weighted by Gasteiger charge is 2.32. The zero-order chi connectivity index (χ0) is 24.8. The van der Waals surface area contributed by atoms with Gasteiger partial charge in [-0.05, 0) is 36.1 Å². The maximum atomic E-state index is 13.2. The van der Waals surface area contributed by atoms with Crippen molar-refractivity contribution in [3.63, 3.8) is 0 Å². The number of carbonyl (C=O) groups is 2. The van der Waals surface area contributed by atoms with Crippen molar-refractivity contribution in [2.45, 2.75) is 32.9 Å². The van der Waals surface area contributed by atoms with Crippen molar-refractivity contribution in [1.29, 1.82) is 0 Å². The van der Waals surface area contributed by atoms with E-state index in [0.717, 1.165) is 40.4 Å². The molecule has 1 aromatic carbocycles. The zero-order valence-corrected chi connectivity index (χ0v) is 21.5. The Labute approximate surface area is 214 Å². The van der Waals surface area contributed by atoms with Crippen LogP contribution in [0.1, 0.15) is 30.0 Å². The summed E-state index contributed by atoms with van der Waals surface area (Å²) in [5.74, 6) is -0.175. The first-order chi connectivity index (χ1) is 17.0. The summed E-state index contributed by atoms with van der Waals surface area (Å²) in [7, 11) is 1.65. The molecule has 0 spiro atoms. The number of methoxy groups -OCH3 is 1. The molecule has 1 aliphatic rings. The molecule has 182 valence electrons. The van der Waals surface area contributed by atoms with Crippen LogP contribution in [-0.2, 0) is 33.8 Å². The lowest BCUT2D eigenvalue weighted by Gasteiger charge is -2.13. The summed E-state index contributed by atoms with van der Waals surface area (Å²) in [5, 5.41) is 3.96. The molecule has 1 saturated heterocycles. The van der Waals surface area contributed by atoms with Crippen LogP contribution in [-0.4, -0.2) is 50.8 Å². The minimum Gasteiger partial charge on any atom is -0.385 e. The van der Waals surface area contributed by atoms with Crippen LogP contribution in [0.4, 0.5) is 0 Å². The van der Waals surface area contributed by atoms with Crippen LogP contribution in [0.5, 0.6) is 0 Å². The van der Waals surface area contributed by atoms with E-state index in [0.29, 0.717) is 28.9 Å². The maximum Gasteiger partial charge on any atom is 0.266 e. The van der Waals surface area contributed by atoms with Gasteiger partial charge in [0.2, 0.25) is 5.91 Å². The third-order valence-electron chi connectivity index (χ3n) is 5.78. The molecule has 3 heterocycles. The van der Waals surface area contributed by atoms with Gasteiger partial charge in [-0.3, -0.25) is 19.5 Å². The normalized spacial score (nSPS) is 14.9. The number of nitrogens with zero attached hydrogens (tertiary/aromatic N) is 3. The van der Waals surface area contributed by atoms with Crippen LogP contribution in [0.2, 0.25) is 0 Å². The molecule has 0 aliphatic carbocycles. The highest BCUT2D eigenvalue weighted by atomic mass is 32.2. The molecule has 1 aliphatic heterocycles. The molecular formula is C26H28N4O3S2. The van der Waals surface area contributed by atoms with Gasteiger partial charge in [0.15, 0.2) is 0 Å². The fourth-order valence-corrected chi connectivity index (χ4v) is 5.34. The number of nitrogens with one attached hydrogen (secondary N) is 1. The number of carbonyl (C=O) groups excluding carboxylic acids is 2. The predicted molar refractivity (Wildman–Crippen MR) is 144 cm³/mol. The Morgan fingerprint density at radius 3 is 2.89 bits per heavy atom. The number of ether oxygens (including phenoxy) is 1. The second-order valence-electron chi connectivity index (χ2n) is 8.20. The first-order valence-electron chi connectivity index (χ1n) is 11.5. The zero-order valence-electron chi connectivity index (χ0n) is 19.8. The number of fused-ring (bicyclic) bond motifs is 1. The summed E-state index contributed by atoms with van der Waals surface area (Å²) in [5.41, 5.74) is 3.98. The predicted octanol–water partition coefficient (Wildman–Crippen LogP) is 4.15. The molecule has 2 amide bonds. The van der Waals surface area contributed by atoms with Crippen molar-refractivity contribution in [1.82, 2.24) is 19.8 Å². The Hall–Kier alpha value is -3.01. The molecule has 9 heteroatoms. The Morgan fingerprint density at radius 1 is 1.29 bits per heavy atom. The molecule has 0 saturated carbocycles. The van der Waals surface area contributed by atoms with Gasteiger partial charge < -0.3 is 14.6 Å². The third-order valence-corrected chi connectivity index (χ3v) is 7.16. The number of aromatic nitrogens is 2. The highest BCUT2D eigenvalue weighted by Crippen LogP contribution is 2.35. The number of rotatable bonds is 10. The Morgan fingerprint density at radius 2 is 2.14 bits per heavy atom. The van der Waals surface area contributed by atoms with E-state index in [-0.39, 0.29) is 18.4 Å². The lowest BCUT2D eigenvalue weighted by Crippen LogP contribution is -2.28. The topological polar surface area (TPSA) is 76.5 Å². The van der Waals surface area contributed by atoms with Gasteiger partial charge in [0.05, 0.1) is 17.0 Å². The molecule has 2 aromatic heterocycles. The number of hydrogen-bond donors (Lipinski definition) is 1. The van der Waals surface area contributed by atoms with E-state index >= 15 is 0 Å². The summed E-state index contributed by atoms with van der Waals surface area (Å²) < 4.78 is 7.55. The van der Waals surface area contributed by atoms with Gasteiger partial charge in [0.25, 0.3) is 5.91 Å². The molecule has 7 nitrogen and oxygen atoms in total. The molecule has 1 fully saturated rings. The van der Waals surface area contributed by atoms with E-state index < -0.39 is 0 Å². The molecule has 1 N–H and O–H groups in total. The molecule has 3 aromatic rings. The van der Waals surface area contributed by atoms with Crippen molar-refractivity contribution < 1.29 is 14.3 Å². The van der Waals surface area contributed by atoms with Gasteiger partial charge in [-0.1, -0.05) is 55.2 Å². The number of thioether (sulfide) groups is 1. The number of para-hydroxylation sites is 1. The summed E-state index contributed by atoms with van der Waals surface area (Å²) in [6.45, 7) is 3.87. The molecule has 4 rings (SSSR count). The number of aryl methyl sites for hydroxylation is 1. The SMILES string of the molecule is CCc1cccc2c(/C=C3\SC(=S)N(Cc4cccnc4)C3=O)cn(CC(=O)NCCCOC)c12. The smallest absolute Gasteiger partial charge is 0.266 e. The minimum atomic E-state index is -0.118. The maximum absolute atomic E-state index is 13.2. The fraction of sp³-hybridized carbons (Fsp3) is 0.308. The van der Waals surface area contributed by atoms with Gasteiger partial charge in [-0.15, -0.1) is 0 Å². The first-order valence-corrected chi connectivity index (χ1v) is 12.7. The summed E-state index contributed by atoms with van der Waals surface area (Å²) >= 11 is 6.81. The molecule has 0 unspecified atom stereocenters. The molecule has 35 heavy (non-hydrogen) atoms. The van der Waals surface area contributed by atoms with Crippen molar-refractivity contribution in [2.24, 2.45) is 0 Å². The van der Waals surface area contributed by atoms with Crippen LogP contribution >= 0.6 is 24.0 Å². The summed E-state index contributed by atoms with van der Waals surface area (Å²) in [4.78, 5) is 32.1. The third kappa shape index (κ3) is 5.80. The fourth-order valence-electron chi connectivity index (χ4n) is 4.10. The lowest BCUT2D eigenvalue weighted by atomic mass is 10.1. The monoisotopic (exact) mass is 508 g/mol. The van der Waals surface area contributed by atoms with Gasteiger partial charge in [0, 0.05) is 49.8 Å². The number of benzene rings is 1. The van der Waals surface area contributed by atoms with Crippen molar-refractivity contribution in [2.75, 3.05) is 20.3 Å². The van der Waals surface area contributed by atoms with E-state index in [9.17, 15) is 9.59 Å². The van der Waals surface area contributed by atoms with Gasteiger partial charge in [0.1, 0.15) is 10.9 Å².